The molecule has 0 bridgehead atoms. The van der Waals surface area contributed by atoms with Gasteiger partial charge >= 0.3 is 0 Å². The van der Waals surface area contributed by atoms with E-state index in [1.54, 1.807) is 34.5 Å². The number of phenols is 1. The molecule has 3 rings (SSSR count). The summed E-state index contributed by atoms with van der Waals surface area (Å²) >= 11 is 0. The molecule has 0 aromatic heterocycles. The molecule has 0 fully saturated rings. The third-order valence-electron chi connectivity index (χ3n) is 4.46. The van der Waals surface area contributed by atoms with E-state index in [0.717, 1.165) is 35.1 Å². The molecule has 2 aromatic rings. The number of allylic oxidation sites excluding steroid dienone is 1. The quantitative estimate of drug-likeness (QED) is 0.895. The van der Waals surface area contributed by atoms with Crippen LogP contribution in [0.25, 0.3) is 5.57 Å². The van der Waals surface area contributed by atoms with Crippen LogP contribution in [0.15, 0.2) is 30.3 Å². The second kappa shape index (κ2) is 6.97. The minimum Gasteiger partial charge on any atom is -0.507 e. The summed E-state index contributed by atoms with van der Waals surface area (Å²) in [5.74, 6) is 2.65. The van der Waals surface area contributed by atoms with Gasteiger partial charge in [-0.2, -0.15) is 0 Å². The second-order valence-corrected chi connectivity index (χ2v) is 5.71. The smallest absolute Gasteiger partial charge is 0.203 e. The van der Waals surface area contributed by atoms with Crippen LogP contribution in [0.3, 0.4) is 0 Å². The van der Waals surface area contributed by atoms with Gasteiger partial charge in [0.05, 0.1) is 28.4 Å². The Labute approximate surface area is 147 Å². The predicted molar refractivity (Wildman–Crippen MR) is 96.2 cm³/mol. The van der Waals surface area contributed by atoms with Gasteiger partial charge in [0, 0.05) is 17.2 Å². The molecule has 0 amide bonds. The fourth-order valence-corrected chi connectivity index (χ4v) is 3.30. The molecule has 0 spiro atoms. The van der Waals surface area contributed by atoms with Crippen LogP contribution in [0.2, 0.25) is 0 Å². The number of fused-ring (bicyclic) bond motifs is 1. The van der Waals surface area contributed by atoms with Crippen molar-refractivity contribution in [3.05, 3.63) is 47.0 Å². The lowest BCUT2D eigenvalue weighted by molar-refractivity contribution is 0.322. The Morgan fingerprint density at radius 3 is 2.20 bits per heavy atom. The van der Waals surface area contributed by atoms with E-state index in [0.29, 0.717) is 23.0 Å². The van der Waals surface area contributed by atoms with Gasteiger partial charge in [0.25, 0.3) is 0 Å². The molecule has 2 aromatic carbocycles. The highest BCUT2D eigenvalue weighted by Gasteiger charge is 2.25. The Morgan fingerprint density at radius 1 is 0.840 bits per heavy atom. The Hall–Kier alpha value is -2.82. The van der Waals surface area contributed by atoms with Gasteiger partial charge in [-0.1, -0.05) is 6.08 Å². The lowest BCUT2D eigenvalue weighted by atomic mass is 9.85. The lowest BCUT2D eigenvalue weighted by Gasteiger charge is -2.24. The van der Waals surface area contributed by atoms with E-state index in [2.05, 4.69) is 6.08 Å². The van der Waals surface area contributed by atoms with Crippen LogP contribution >= 0.6 is 0 Å². The third kappa shape index (κ3) is 2.86. The van der Waals surface area contributed by atoms with Crippen LogP contribution < -0.4 is 18.9 Å². The summed E-state index contributed by atoms with van der Waals surface area (Å²) < 4.78 is 21.8. The summed E-state index contributed by atoms with van der Waals surface area (Å²) in [4.78, 5) is 0. The Morgan fingerprint density at radius 2 is 1.60 bits per heavy atom. The number of aromatic hydroxyl groups is 1. The van der Waals surface area contributed by atoms with Crippen molar-refractivity contribution in [2.75, 3.05) is 28.4 Å². The zero-order chi connectivity index (χ0) is 18.0. The van der Waals surface area contributed by atoms with E-state index in [1.165, 1.54) is 0 Å². The number of ether oxygens (including phenoxy) is 4. The molecule has 5 nitrogen and oxygen atoms in total. The normalized spacial score (nSPS) is 12.9. The van der Waals surface area contributed by atoms with Gasteiger partial charge < -0.3 is 24.1 Å². The molecule has 0 heterocycles. The zero-order valence-electron chi connectivity index (χ0n) is 14.9. The number of hydrogen-bond donors (Lipinski definition) is 1. The van der Waals surface area contributed by atoms with E-state index < -0.39 is 0 Å². The molecule has 1 N–H and O–H groups in total. The highest BCUT2D eigenvalue weighted by Crippen LogP contribution is 2.48. The van der Waals surface area contributed by atoms with Gasteiger partial charge in [0.2, 0.25) is 5.75 Å². The highest BCUT2D eigenvalue weighted by molar-refractivity contribution is 5.88. The molecule has 0 radical (unpaired) electrons. The van der Waals surface area contributed by atoms with Crippen LogP contribution in [0.1, 0.15) is 23.1 Å². The first kappa shape index (κ1) is 17.0. The highest BCUT2D eigenvalue weighted by atomic mass is 16.5. The number of phenolic OH excluding ortho intramolecular Hbond substituents is 1. The van der Waals surface area contributed by atoms with Crippen LogP contribution in [0, 0.1) is 0 Å². The topological polar surface area (TPSA) is 57.2 Å². The first-order valence-electron chi connectivity index (χ1n) is 8.04. The molecule has 132 valence electrons. The Balaban J connectivity index is 2.20. The molecular formula is C20H22O5. The van der Waals surface area contributed by atoms with Gasteiger partial charge in [0.15, 0.2) is 11.5 Å². The number of rotatable bonds is 5. The van der Waals surface area contributed by atoms with Crippen LogP contribution in [-0.4, -0.2) is 33.5 Å². The average molecular weight is 342 g/mol. The van der Waals surface area contributed by atoms with E-state index >= 15 is 0 Å². The van der Waals surface area contributed by atoms with Gasteiger partial charge in [0.1, 0.15) is 11.5 Å². The van der Waals surface area contributed by atoms with Crippen molar-refractivity contribution in [1.29, 1.82) is 0 Å². The second-order valence-electron chi connectivity index (χ2n) is 5.71. The van der Waals surface area contributed by atoms with Gasteiger partial charge in [-0.3, -0.25) is 0 Å². The van der Waals surface area contributed by atoms with Crippen LogP contribution in [0.4, 0.5) is 0 Å². The van der Waals surface area contributed by atoms with Crippen molar-refractivity contribution in [3.8, 4) is 28.7 Å². The average Bonchev–Trinajstić information content (AvgIpc) is 2.65. The van der Waals surface area contributed by atoms with Crippen molar-refractivity contribution < 1.29 is 24.1 Å². The fraction of sp³-hybridized carbons (Fsp3) is 0.300. The fourth-order valence-electron chi connectivity index (χ4n) is 3.30. The third-order valence-corrected chi connectivity index (χ3v) is 4.46. The maximum Gasteiger partial charge on any atom is 0.203 e. The van der Waals surface area contributed by atoms with E-state index in [-0.39, 0.29) is 5.75 Å². The molecule has 0 unspecified atom stereocenters. The molecule has 5 heteroatoms. The molecule has 0 atom stereocenters. The van der Waals surface area contributed by atoms with Crippen molar-refractivity contribution in [2.24, 2.45) is 0 Å². The van der Waals surface area contributed by atoms with Gasteiger partial charge in [-0.25, -0.2) is 0 Å². The molecule has 1 aliphatic rings. The lowest BCUT2D eigenvalue weighted by Crippen LogP contribution is -2.07. The summed E-state index contributed by atoms with van der Waals surface area (Å²) in [5, 5.41) is 10.4. The standard InChI is InChI=1S/C20H22O5/c1-22-12-8-9-14(17(21)10-12)13-6-5-7-15-16(13)11-18(23-2)20(25-4)19(15)24-3/h6,8-11,21H,5,7H2,1-4H3. The minimum atomic E-state index is 0.173. The van der Waals surface area contributed by atoms with E-state index in [4.69, 9.17) is 18.9 Å². The van der Waals surface area contributed by atoms with Gasteiger partial charge in [-0.05, 0) is 42.2 Å². The van der Waals surface area contributed by atoms with Crippen LogP contribution in [0.5, 0.6) is 28.7 Å². The maximum atomic E-state index is 10.4. The van der Waals surface area contributed by atoms with Crippen molar-refractivity contribution in [1.82, 2.24) is 0 Å². The zero-order valence-corrected chi connectivity index (χ0v) is 14.9. The van der Waals surface area contributed by atoms with Crippen molar-refractivity contribution in [2.45, 2.75) is 12.8 Å². The van der Waals surface area contributed by atoms with Crippen molar-refractivity contribution >= 4 is 5.57 Å². The Kier molecular flexibility index (Phi) is 4.74. The molecule has 0 saturated carbocycles. The summed E-state index contributed by atoms with van der Waals surface area (Å²) in [6.07, 6.45) is 3.80. The van der Waals surface area contributed by atoms with E-state index in [1.807, 2.05) is 18.2 Å². The molecule has 0 aliphatic heterocycles. The number of hydrogen-bond acceptors (Lipinski definition) is 5. The first-order chi connectivity index (χ1) is 12.1. The number of methoxy groups -OCH3 is 4. The SMILES string of the molecule is COc1ccc(C2=CCCc3c2cc(OC)c(OC)c3OC)c(O)c1. The summed E-state index contributed by atoms with van der Waals surface area (Å²) in [6.45, 7) is 0. The molecule has 1 aliphatic carbocycles. The molecule has 25 heavy (non-hydrogen) atoms. The Bertz CT molecular complexity index is 823. The van der Waals surface area contributed by atoms with E-state index in [9.17, 15) is 5.11 Å². The minimum absolute atomic E-state index is 0.173. The van der Waals surface area contributed by atoms with Gasteiger partial charge in [-0.15, -0.1) is 0 Å². The molecular weight excluding hydrogens is 320 g/mol. The monoisotopic (exact) mass is 342 g/mol. The van der Waals surface area contributed by atoms with Crippen LogP contribution in [-0.2, 0) is 6.42 Å². The van der Waals surface area contributed by atoms with Crippen molar-refractivity contribution in [3.63, 3.8) is 0 Å². The summed E-state index contributed by atoms with van der Waals surface area (Å²) in [7, 11) is 6.40. The summed E-state index contributed by atoms with van der Waals surface area (Å²) in [5.41, 5.74) is 3.71. The maximum absolute atomic E-state index is 10.4. The summed E-state index contributed by atoms with van der Waals surface area (Å²) in [6, 6.07) is 7.24. The first-order valence-corrected chi connectivity index (χ1v) is 8.04. The molecule has 0 saturated heterocycles. The largest absolute Gasteiger partial charge is 0.507 e. The predicted octanol–water partition coefficient (Wildman–Crippen LogP) is 3.80. The number of benzene rings is 2.